The van der Waals surface area contributed by atoms with E-state index in [4.69, 9.17) is 4.74 Å². The zero-order valence-electron chi connectivity index (χ0n) is 9.20. The Labute approximate surface area is 90.2 Å². The van der Waals surface area contributed by atoms with E-state index >= 15 is 0 Å². The second-order valence-electron chi connectivity index (χ2n) is 4.69. The number of carbonyl (C=O) groups is 2. The van der Waals surface area contributed by atoms with E-state index in [0.29, 0.717) is 18.6 Å². The molecule has 2 aliphatic rings. The van der Waals surface area contributed by atoms with Gasteiger partial charge in [-0.25, -0.2) is 0 Å². The van der Waals surface area contributed by atoms with E-state index < -0.39 is 0 Å². The normalized spacial score (nSPS) is 35.8. The molecule has 2 saturated carbocycles. The SMILES string of the molecule is COC(=O)[C@@H]1CCC(=O)[C@@H]2CCCC[C@H]21. The highest BCUT2D eigenvalue weighted by Gasteiger charge is 2.43. The second kappa shape index (κ2) is 4.33. The molecule has 3 heteroatoms. The summed E-state index contributed by atoms with van der Waals surface area (Å²) in [7, 11) is 1.44. The van der Waals surface area contributed by atoms with Crippen molar-refractivity contribution in [3.8, 4) is 0 Å². The van der Waals surface area contributed by atoms with E-state index in [9.17, 15) is 9.59 Å². The predicted molar refractivity (Wildman–Crippen MR) is 55.2 cm³/mol. The molecule has 0 unspecified atom stereocenters. The summed E-state index contributed by atoms with van der Waals surface area (Å²) in [5, 5.41) is 0. The average molecular weight is 210 g/mol. The Hall–Kier alpha value is -0.860. The van der Waals surface area contributed by atoms with Crippen LogP contribution >= 0.6 is 0 Å². The number of hydrogen-bond donors (Lipinski definition) is 0. The van der Waals surface area contributed by atoms with Crippen LogP contribution in [-0.2, 0) is 14.3 Å². The molecule has 2 aliphatic carbocycles. The molecule has 0 bridgehead atoms. The van der Waals surface area contributed by atoms with Crippen LogP contribution in [0.3, 0.4) is 0 Å². The van der Waals surface area contributed by atoms with Crippen LogP contribution in [0.2, 0.25) is 0 Å². The quantitative estimate of drug-likeness (QED) is 0.621. The number of hydrogen-bond acceptors (Lipinski definition) is 3. The lowest BCUT2D eigenvalue weighted by molar-refractivity contribution is -0.152. The van der Waals surface area contributed by atoms with Gasteiger partial charge in [-0.2, -0.15) is 0 Å². The zero-order chi connectivity index (χ0) is 10.8. The highest BCUT2D eigenvalue weighted by molar-refractivity contribution is 5.85. The minimum Gasteiger partial charge on any atom is -0.469 e. The second-order valence-corrected chi connectivity index (χ2v) is 4.69. The van der Waals surface area contributed by atoms with Crippen LogP contribution in [0, 0.1) is 17.8 Å². The predicted octanol–water partition coefficient (Wildman–Crippen LogP) is 1.94. The summed E-state index contributed by atoms with van der Waals surface area (Å²) in [6.07, 6.45) is 5.57. The van der Waals surface area contributed by atoms with Gasteiger partial charge in [0, 0.05) is 12.3 Å². The van der Waals surface area contributed by atoms with E-state index in [0.717, 1.165) is 25.7 Å². The average Bonchev–Trinajstić information content (AvgIpc) is 2.29. The van der Waals surface area contributed by atoms with Gasteiger partial charge < -0.3 is 4.74 Å². The number of methoxy groups -OCH3 is 1. The molecule has 0 aliphatic heterocycles. The molecule has 0 N–H and O–H groups in total. The fourth-order valence-corrected chi connectivity index (χ4v) is 3.18. The van der Waals surface area contributed by atoms with Crippen LogP contribution in [0.4, 0.5) is 0 Å². The Kier molecular flexibility index (Phi) is 3.08. The standard InChI is InChI=1S/C12H18O3/c1-15-12(14)10-6-7-11(13)9-5-3-2-4-8(9)10/h8-10H,2-7H2,1H3/t8-,9-,10-/m1/s1. The smallest absolute Gasteiger partial charge is 0.308 e. The maximum atomic E-state index is 11.7. The lowest BCUT2D eigenvalue weighted by Crippen LogP contribution is -2.40. The van der Waals surface area contributed by atoms with Crippen molar-refractivity contribution in [2.45, 2.75) is 38.5 Å². The molecule has 0 spiro atoms. The summed E-state index contributed by atoms with van der Waals surface area (Å²) in [6.45, 7) is 0. The summed E-state index contributed by atoms with van der Waals surface area (Å²) in [6, 6.07) is 0. The van der Waals surface area contributed by atoms with E-state index in [2.05, 4.69) is 0 Å². The molecule has 0 amide bonds. The number of ketones is 1. The van der Waals surface area contributed by atoms with E-state index in [1.54, 1.807) is 0 Å². The summed E-state index contributed by atoms with van der Waals surface area (Å²) >= 11 is 0. The van der Waals surface area contributed by atoms with Gasteiger partial charge in [0.15, 0.2) is 0 Å². The third-order valence-corrected chi connectivity index (χ3v) is 3.96. The highest BCUT2D eigenvalue weighted by Crippen LogP contribution is 2.42. The molecule has 3 atom stereocenters. The third-order valence-electron chi connectivity index (χ3n) is 3.96. The molecule has 2 fully saturated rings. The lowest BCUT2D eigenvalue weighted by Gasteiger charge is -2.38. The summed E-state index contributed by atoms with van der Waals surface area (Å²) in [4.78, 5) is 23.3. The number of esters is 1. The summed E-state index contributed by atoms with van der Waals surface area (Å²) < 4.78 is 4.82. The van der Waals surface area contributed by atoms with Gasteiger partial charge in [-0.3, -0.25) is 9.59 Å². The van der Waals surface area contributed by atoms with Crippen molar-refractivity contribution in [1.29, 1.82) is 0 Å². The Balaban J connectivity index is 2.13. The molecule has 84 valence electrons. The van der Waals surface area contributed by atoms with Crippen LogP contribution in [0.5, 0.6) is 0 Å². The number of carbonyl (C=O) groups excluding carboxylic acids is 2. The topological polar surface area (TPSA) is 43.4 Å². The van der Waals surface area contributed by atoms with E-state index in [-0.39, 0.29) is 23.7 Å². The number of ether oxygens (including phenoxy) is 1. The van der Waals surface area contributed by atoms with Gasteiger partial charge in [0.2, 0.25) is 0 Å². The Bertz CT molecular complexity index is 272. The first-order chi connectivity index (χ1) is 7.24. The highest BCUT2D eigenvalue weighted by atomic mass is 16.5. The van der Waals surface area contributed by atoms with Gasteiger partial charge >= 0.3 is 5.97 Å². The first kappa shape index (κ1) is 10.7. The fraction of sp³-hybridized carbons (Fsp3) is 0.833. The van der Waals surface area contributed by atoms with Gasteiger partial charge in [-0.1, -0.05) is 12.8 Å². The molecular formula is C12H18O3. The van der Waals surface area contributed by atoms with Crippen molar-refractivity contribution in [3.05, 3.63) is 0 Å². The number of Topliss-reactive ketones (excluding diaryl/α,β-unsaturated/α-hetero) is 1. The Morgan fingerprint density at radius 3 is 2.73 bits per heavy atom. The van der Waals surface area contributed by atoms with Crippen molar-refractivity contribution in [3.63, 3.8) is 0 Å². The lowest BCUT2D eigenvalue weighted by atomic mass is 9.65. The molecule has 0 aromatic carbocycles. The fourth-order valence-electron chi connectivity index (χ4n) is 3.18. The molecular weight excluding hydrogens is 192 g/mol. The molecule has 15 heavy (non-hydrogen) atoms. The van der Waals surface area contributed by atoms with Gasteiger partial charge in [0.25, 0.3) is 0 Å². The van der Waals surface area contributed by atoms with Crippen molar-refractivity contribution in [2.75, 3.05) is 7.11 Å². The minimum absolute atomic E-state index is 0.0157. The molecule has 3 nitrogen and oxygen atoms in total. The van der Waals surface area contributed by atoms with Gasteiger partial charge in [0.1, 0.15) is 5.78 Å². The van der Waals surface area contributed by atoms with Crippen LogP contribution in [0.1, 0.15) is 38.5 Å². The molecule has 0 radical (unpaired) electrons. The van der Waals surface area contributed by atoms with Crippen molar-refractivity contribution >= 4 is 11.8 Å². The number of fused-ring (bicyclic) bond motifs is 1. The first-order valence-electron chi connectivity index (χ1n) is 5.84. The molecule has 0 aromatic heterocycles. The molecule has 0 aromatic rings. The Morgan fingerprint density at radius 1 is 1.27 bits per heavy atom. The Morgan fingerprint density at radius 2 is 2.00 bits per heavy atom. The van der Waals surface area contributed by atoms with Crippen LogP contribution in [-0.4, -0.2) is 18.9 Å². The van der Waals surface area contributed by atoms with Gasteiger partial charge in [-0.15, -0.1) is 0 Å². The van der Waals surface area contributed by atoms with Crippen molar-refractivity contribution < 1.29 is 14.3 Å². The molecule has 0 heterocycles. The van der Waals surface area contributed by atoms with Crippen molar-refractivity contribution in [2.24, 2.45) is 17.8 Å². The van der Waals surface area contributed by atoms with E-state index in [1.807, 2.05) is 0 Å². The van der Waals surface area contributed by atoms with E-state index in [1.165, 1.54) is 7.11 Å². The zero-order valence-corrected chi connectivity index (χ0v) is 9.20. The van der Waals surface area contributed by atoms with Gasteiger partial charge in [0.05, 0.1) is 13.0 Å². The monoisotopic (exact) mass is 210 g/mol. The first-order valence-corrected chi connectivity index (χ1v) is 5.84. The van der Waals surface area contributed by atoms with Gasteiger partial charge in [-0.05, 0) is 25.2 Å². The molecule has 2 rings (SSSR count). The summed E-state index contributed by atoms with van der Waals surface area (Å²) in [5.41, 5.74) is 0. The molecule has 0 saturated heterocycles. The third kappa shape index (κ3) is 1.92. The number of rotatable bonds is 1. The maximum Gasteiger partial charge on any atom is 0.308 e. The summed E-state index contributed by atoms with van der Waals surface area (Å²) in [5.74, 6) is 0.668. The van der Waals surface area contributed by atoms with Crippen molar-refractivity contribution in [1.82, 2.24) is 0 Å². The maximum absolute atomic E-state index is 11.7. The van der Waals surface area contributed by atoms with Crippen LogP contribution in [0.25, 0.3) is 0 Å². The van der Waals surface area contributed by atoms with Crippen LogP contribution < -0.4 is 0 Å². The van der Waals surface area contributed by atoms with Crippen LogP contribution in [0.15, 0.2) is 0 Å². The minimum atomic E-state index is -0.112. The largest absolute Gasteiger partial charge is 0.469 e.